The maximum absolute atomic E-state index is 8.58. The van der Waals surface area contributed by atoms with Crippen molar-refractivity contribution in [1.82, 2.24) is 5.32 Å². The van der Waals surface area contributed by atoms with Gasteiger partial charge in [-0.1, -0.05) is 13.8 Å². The van der Waals surface area contributed by atoms with E-state index in [1.165, 1.54) is 19.3 Å². The Morgan fingerprint density at radius 2 is 2.24 bits per heavy atom. The highest BCUT2D eigenvalue weighted by Gasteiger charge is 2.17. The van der Waals surface area contributed by atoms with E-state index in [1.807, 2.05) is 0 Å². The van der Waals surface area contributed by atoms with Crippen molar-refractivity contribution < 1.29 is 4.74 Å². The molecule has 17 heavy (non-hydrogen) atoms. The van der Waals surface area contributed by atoms with Gasteiger partial charge in [0.2, 0.25) is 0 Å². The molecule has 1 saturated heterocycles. The molecule has 0 aliphatic carbocycles. The SMILES string of the molecule is CC(C)(CCC#N)CNCCC1CCCCO1. The summed E-state index contributed by atoms with van der Waals surface area (Å²) in [4.78, 5) is 0. The van der Waals surface area contributed by atoms with Crippen LogP contribution in [0.4, 0.5) is 0 Å². The van der Waals surface area contributed by atoms with E-state index in [0.29, 0.717) is 12.5 Å². The van der Waals surface area contributed by atoms with Gasteiger partial charge in [-0.15, -0.1) is 0 Å². The van der Waals surface area contributed by atoms with Gasteiger partial charge in [-0.25, -0.2) is 0 Å². The summed E-state index contributed by atoms with van der Waals surface area (Å²) >= 11 is 0. The molecule has 1 aliphatic rings. The number of nitrogens with zero attached hydrogens (tertiary/aromatic N) is 1. The standard InChI is InChI=1S/C14H26N2O/c1-14(2,8-5-9-15)12-16-10-7-13-6-3-4-11-17-13/h13,16H,3-8,10-12H2,1-2H3. The molecular weight excluding hydrogens is 212 g/mol. The van der Waals surface area contributed by atoms with Crippen molar-refractivity contribution in [3.8, 4) is 6.07 Å². The molecule has 1 N–H and O–H groups in total. The second-order valence-electron chi connectivity index (χ2n) is 5.78. The number of hydrogen-bond donors (Lipinski definition) is 1. The van der Waals surface area contributed by atoms with Crippen LogP contribution in [0.3, 0.4) is 0 Å². The first-order valence-electron chi connectivity index (χ1n) is 6.83. The van der Waals surface area contributed by atoms with Crippen molar-refractivity contribution in [2.45, 2.75) is 58.5 Å². The minimum atomic E-state index is 0.225. The zero-order chi connectivity index (χ0) is 12.6. The average molecular weight is 238 g/mol. The molecule has 0 spiro atoms. The lowest BCUT2D eigenvalue weighted by Crippen LogP contribution is -2.32. The third-order valence-electron chi connectivity index (χ3n) is 3.43. The number of rotatable bonds is 7. The lowest BCUT2D eigenvalue weighted by Gasteiger charge is -2.26. The minimum absolute atomic E-state index is 0.225. The van der Waals surface area contributed by atoms with Crippen LogP contribution in [-0.2, 0) is 4.74 Å². The second-order valence-corrected chi connectivity index (χ2v) is 5.78. The van der Waals surface area contributed by atoms with Crippen molar-refractivity contribution in [2.75, 3.05) is 19.7 Å². The van der Waals surface area contributed by atoms with E-state index < -0.39 is 0 Å². The highest BCUT2D eigenvalue weighted by atomic mass is 16.5. The summed E-state index contributed by atoms with van der Waals surface area (Å²) in [6.45, 7) is 7.39. The first-order chi connectivity index (χ1) is 8.14. The van der Waals surface area contributed by atoms with Crippen molar-refractivity contribution in [3.05, 3.63) is 0 Å². The maximum Gasteiger partial charge on any atom is 0.0621 e. The third-order valence-corrected chi connectivity index (χ3v) is 3.43. The fourth-order valence-corrected chi connectivity index (χ4v) is 2.21. The van der Waals surface area contributed by atoms with Crippen LogP contribution in [0.15, 0.2) is 0 Å². The van der Waals surface area contributed by atoms with E-state index in [0.717, 1.165) is 32.5 Å². The minimum Gasteiger partial charge on any atom is -0.378 e. The molecule has 1 unspecified atom stereocenters. The van der Waals surface area contributed by atoms with Crippen LogP contribution >= 0.6 is 0 Å². The largest absolute Gasteiger partial charge is 0.378 e. The molecule has 1 heterocycles. The highest BCUT2D eigenvalue weighted by Crippen LogP contribution is 2.21. The van der Waals surface area contributed by atoms with E-state index in [-0.39, 0.29) is 5.41 Å². The number of nitrogens with one attached hydrogen (secondary N) is 1. The molecule has 1 atom stereocenters. The first kappa shape index (κ1) is 14.5. The Morgan fingerprint density at radius 3 is 2.88 bits per heavy atom. The van der Waals surface area contributed by atoms with Crippen LogP contribution < -0.4 is 5.32 Å². The van der Waals surface area contributed by atoms with E-state index in [4.69, 9.17) is 10.00 Å². The van der Waals surface area contributed by atoms with Gasteiger partial charge in [-0.2, -0.15) is 5.26 Å². The molecule has 0 aromatic carbocycles. The van der Waals surface area contributed by atoms with Crippen LogP contribution in [0, 0.1) is 16.7 Å². The average Bonchev–Trinajstić information content (AvgIpc) is 2.34. The van der Waals surface area contributed by atoms with Crippen molar-refractivity contribution in [2.24, 2.45) is 5.41 Å². The fourth-order valence-electron chi connectivity index (χ4n) is 2.21. The Bertz CT molecular complexity index is 239. The van der Waals surface area contributed by atoms with Gasteiger partial charge in [0.25, 0.3) is 0 Å². The molecule has 1 rings (SSSR count). The summed E-state index contributed by atoms with van der Waals surface area (Å²) in [6.07, 6.45) is 6.98. The van der Waals surface area contributed by atoms with Gasteiger partial charge < -0.3 is 10.1 Å². The molecule has 0 saturated carbocycles. The van der Waals surface area contributed by atoms with Gasteiger partial charge in [-0.05, 0) is 44.1 Å². The molecule has 0 radical (unpaired) electrons. The highest BCUT2D eigenvalue weighted by molar-refractivity contribution is 4.79. The number of nitriles is 1. The smallest absolute Gasteiger partial charge is 0.0621 e. The van der Waals surface area contributed by atoms with E-state index in [2.05, 4.69) is 25.2 Å². The zero-order valence-electron chi connectivity index (χ0n) is 11.3. The van der Waals surface area contributed by atoms with E-state index >= 15 is 0 Å². The summed E-state index contributed by atoms with van der Waals surface area (Å²) < 4.78 is 5.69. The summed E-state index contributed by atoms with van der Waals surface area (Å²) in [5.41, 5.74) is 0.225. The molecule has 3 nitrogen and oxygen atoms in total. The predicted molar refractivity (Wildman–Crippen MR) is 69.7 cm³/mol. The second kappa shape index (κ2) is 7.68. The topological polar surface area (TPSA) is 45.0 Å². The Hall–Kier alpha value is -0.590. The van der Waals surface area contributed by atoms with Gasteiger partial charge in [0.1, 0.15) is 0 Å². The molecule has 3 heteroatoms. The van der Waals surface area contributed by atoms with Crippen molar-refractivity contribution in [3.63, 3.8) is 0 Å². The molecule has 98 valence electrons. The molecule has 1 aliphatic heterocycles. The lowest BCUT2D eigenvalue weighted by molar-refractivity contribution is 0.0112. The summed E-state index contributed by atoms with van der Waals surface area (Å²) in [7, 11) is 0. The van der Waals surface area contributed by atoms with E-state index in [9.17, 15) is 0 Å². The van der Waals surface area contributed by atoms with Crippen molar-refractivity contribution in [1.29, 1.82) is 5.26 Å². The first-order valence-corrected chi connectivity index (χ1v) is 6.83. The van der Waals surface area contributed by atoms with Crippen LogP contribution in [0.25, 0.3) is 0 Å². The Morgan fingerprint density at radius 1 is 1.41 bits per heavy atom. The van der Waals surface area contributed by atoms with Gasteiger partial charge in [0.05, 0.1) is 12.2 Å². The monoisotopic (exact) mass is 238 g/mol. The summed E-state index contributed by atoms with van der Waals surface area (Å²) in [6, 6.07) is 2.22. The molecule has 0 amide bonds. The lowest BCUT2D eigenvalue weighted by atomic mass is 9.88. The third kappa shape index (κ3) is 6.65. The van der Waals surface area contributed by atoms with Gasteiger partial charge >= 0.3 is 0 Å². The number of hydrogen-bond acceptors (Lipinski definition) is 3. The Kier molecular flexibility index (Phi) is 6.54. The predicted octanol–water partition coefficient (Wildman–Crippen LogP) is 2.87. The fraction of sp³-hybridized carbons (Fsp3) is 0.929. The molecule has 0 aromatic rings. The summed E-state index contributed by atoms with van der Waals surface area (Å²) in [5.74, 6) is 0. The number of ether oxygens (including phenoxy) is 1. The van der Waals surface area contributed by atoms with Gasteiger partial charge in [-0.3, -0.25) is 0 Å². The Balaban J connectivity index is 2.04. The van der Waals surface area contributed by atoms with Crippen LogP contribution in [-0.4, -0.2) is 25.8 Å². The van der Waals surface area contributed by atoms with E-state index in [1.54, 1.807) is 0 Å². The maximum atomic E-state index is 8.58. The van der Waals surface area contributed by atoms with Crippen LogP contribution in [0.5, 0.6) is 0 Å². The Labute approximate surface area is 106 Å². The van der Waals surface area contributed by atoms with Gasteiger partial charge in [0.15, 0.2) is 0 Å². The quantitative estimate of drug-likeness (QED) is 0.694. The van der Waals surface area contributed by atoms with Crippen LogP contribution in [0.1, 0.15) is 52.4 Å². The normalized spacial score (nSPS) is 21.1. The zero-order valence-corrected chi connectivity index (χ0v) is 11.3. The molecule has 0 bridgehead atoms. The molecule has 1 fully saturated rings. The van der Waals surface area contributed by atoms with Crippen molar-refractivity contribution >= 4 is 0 Å². The van der Waals surface area contributed by atoms with Crippen LogP contribution in [0.2, 0.25) is 0 Å². The summed E-state index contributed by atoms with van der Waals surface area (Å²) in [5, 5.41) is 12.1. The molecule has 0 aromatic heterocycles. The molecular formula is C14H26N2O. The van der Waals surface area contributed by atoms with Gasteiger partial charge in [0, 0.05) is 19.6 Å².